The van der Waals surface area contributed by atoms with E-state index in [4.69, 9.17) is 11.6 Å². The zero-order valence-corrected chi connectivity index (χ0v) is 21.2. The average Bonchev–Trinajstić information content (AvgIpc) is 3.19. The number of thioether (sulfide) groups is 1. The van der Waals surface area contributed by atoms with Gasteiger partial charge in [0.05, 0.1) is 31.7 Å². The maximum atomic E-state index is 11.9. The van der Waals surface area contributed by atoms with Crippen LogP contribution in [-0.2, 0) is 4.79 Å². The molecular formula is C26H23ClN4O5S. The van der Waals surface area contributed by atoms with Crippen molar-refractivity contribution in [3.8, 4) is 0 Å². The van der Waals surface area contributed by atoms with Crippen LogP contribution in [0.5, 0.6) is 0 Å². The topological polar surface area (TPSA) is 127 Å². The van der Waals surface area contributed by atoms with Crippen LogP contribution >= 0.6 is 23.4 Å². The predicted octanol–water partition coefficient (Wildman–Crippen LogP) is 6.50. The molecule has 0 radical (unpaired) electrons. The summed E-state index contributed by atoms with van der Waals surface area (Å²) in [6.07, 6.45) is 0.586. The summed E-state index contributed by atoms with van der Waals surface area (Å²) in [6, 6.07) is 18.4. The number of rotatable bonds is 6. The zero-order valence-electron chi connectivity index (χ0n) is 19.7. The highest BCUT2D eigenvalue weighted by atomic mass is 35.5. The Balaban J connectivity index is 1.58. The molecule has 2 N–H and O–H groups in total. The van der Waals surface area contributed by atoms with E-state index in [1.165, 1.54) is 30.8 Å². The number of amides is 1. The lowest BCUT2D eigenvalue weighted by Crippen LogP contribution is -2.31. The Morgan fingerprint density at radius 2 is 1.68 bits per heavy atom. The van der Waals surface area contributed by atoms with Crippen LogP contribution < -0.4 is 10.6 Å². The van der Waals surface area contributed by atoms with Crippen molar-refractivity contribution in [2.45, 2.75) is 40.8 Å². The number of hydrogen-bond acceptors (Lipinski definition) is 7. The van der Waals surface area contributed by atoms with E-state index in [9.17, 15) is 25.0 Å². The number of carbonyl (C=O) groups is 1. The van der Waals surface area contributed by atoms with E-state index >= 15 is 0 Å². The average molecular weight is 539 g/mol. The summed E-state index contributed by atoms with van der Waals surface area (Å²) in [6.45, 7) is 1.43. The number of fused-ring (bicyclic) bond motifs is 3. The fourth-order valence-electron chi connectivity index (χ4n) is 5.49. The van der Waals surface area contributed by atoms with Crippen LogP contribution in [0.2, 0.25) is 0 Å². The minimum Gasteiger partial charge on any atom is -0.377 e. The van der Waals surface area contributed by atoms with Crippen LogP contribution in [0.3, 0.4) is 0 Å². The van der Waals surface area contributed by atoms with Crippen molar-refractivity contribution < 1.29 is 14.6 Å². The highest BCUT2D eigenvalue weighted by Crippen LogP contribution is 2.59. The van der Waals surface area contributed by atoms with Crippen LogP contribution in [0.25, 0.3) is 0 Å². The van der Waals surface area contributed by atoms with Crippen molar-refractivity contribution in [3.05, 3.63) is 98.1 Å². The van der Waals surface area contributed by atoms with Crippen molar-refractivity contribution in [2.24, 2.45) is 5.92 Å². The summed E-state index contributed by atoms with van der Waals surface area (Å²) in [5.74, 6) is -0.516. The van der Waals surface area contributed by atoms with Crippen LogP contribution in [0.15, 0.2) is 71.6 Å². The molecule has 11 heteroatoms. The highest BCUT2D eigenvalue weighted by Gasteiger charge is 2.51. The van der Waals surface area contributed by atoms with E-state index < -0.39 is 10.3 Å². The molecule has 1 amide bonds. The summed E-state index contributed by atoms with van der Waals surface area (Å²) in [4.78, 5) is 34.9. The number of nitrogens with zero attached hydrogens (tertiary/aromatic N) is 2. The zero-order chi connectivity index (χ0) is 26.3. The predicted molar refractivity (Wildman–Crippen MR) is 143 cm³/mol. The molecule has 0 saturated heterocycles. The SMILES string of the molecule is CC(=O)Nc1ccc2c(c1)[C@@H]1[C@H](Cl)[C@H](Sc3ccccc3[N+](=O)[O-])C[C@H]1[C@H](c1ccccc1[N+](=O)[O-])N2. The number of anilines is 2. The first kappa shape index (κ1) is 25.0. The Kier molecular flexibility index (Phi) is 6.78. The minimum absolute atomic E-state index is 0.0213. The van der Waals surface area contributed by atoms with E-state index in [0.717, 1.165) is 11.3 Å². The first-order valence-corrected chi connectivity index (χ1v) is 13.0. The van der Waals surface area contributed by atoms with Crippen LogP contribution in [0.4, 0.5) is 22.7 Å². The molecule has 190 valence electrons. The van der Waals surface area contributed by atoms with Gasteiger partial charge >= 0.3 is 0 Å². The van der Waals surface area contributed by atoms with Gasteiger partial charge in [0.25, 0.3) is 11.4 Å². The highest BCUT2D eigenvalue weighted by molar-refractivity contribution is 8.00. The van der Waals surface area contributed by atoms with Crippen molar-refractivity contribution >= 4 is 52.0 Å². The van der Waals surface area contributed by atoms with Gasteiger partial charge in [0.15, 0.2) is 0 Å². The molecule has 3 aromatic rings. The molecule has 2 aliphatic rings. The molecule has 3 aromatic carbocycles. The molecule has 9 nitrogen and oxygen atoms in total. The second-order valence-corrected chi connectivity index (χ2v) is 11.0. The number of nitro benzene ring substituents is 2. The third-order valence-corrected chi connectivity index (χ3v) is 9.06. The van der Waals surface area contributed by atoms with Gasteiger partial charge in [-0.25, -0.2) is 0 Å². The molecule has 5 rings (SSSR count). The molecule has 1 aliphatic heterocycles. The second kappa shape index (κ2) is 10.0. The lowest BCUT2D eigenvalue weighted by Gasteiger charge is -2.38. The van der Waals surface area contributed by atoms with Gasteiger partial charge in [-0.05, 0) is 42.2 Å². The van der Waals surface area contributed by atoms with Gasteiger partial charge < -0.3 is 10.6 Å². The third-order valence-electron chi connectivity index (χ3n) is 6.94. The maximum absolute atomic E-state index is 11.9. The first-order valence-electron chi connectivity index (χ1n) is 11.7. The molecule has 5 atom stereocenters. The number of halogens is 1. The number of carbonyl (C=O) groups excluding carboxylic acids is 1. The molecule has 1 saturated carbocycles. The Bertz CT molecular complexity index is 1400. The lowest BCUT2D eigenvalue weighted by molar-refractivity contribution is -0.387. The van der Waals surface area contributed by atoms with E-state index in [0.29, 0.717) is 22.6 Å². The smallest absolute Gasteiger partial charge is 0.282 e. The van der Waals surface area contributed by atoms with Crippen molar-refractivity contribution in [1.82, 2.24) is 0 Å². The van der Waals surface area contributed by atoms with Gasteiger partial charge in [-0.15, -0.1) is 23.4 Å². The number of benzene rings is 3. The number of nitrogens with one attached hydrogen (secondary N) is 2. The Labute approximate surface area is 221 Å². The fraction of sp³-hybridized carbons (Fsp3) is 0.269. The maximum Gasteiger partial charge on any atom is 0.282 e. The van der Waals surface area contributed by atoms with E-state index in [1.54, 1.807) is 42.5 Å². The minimum atomic E-state index is -0.409. The molecule has 37 heavy (non-hydrogen) atoms. The number of nitro groups is 2. The standard InChI is InChI=1S/C26H23ClN4O5S/c1-14(32)28-15-10-11-19-17(12-15)24-18(26(29-19)16-6-2-3-7-20(16)30(33)34)13-23(25(24)27)37-22-9-5-4-8-21(22)31(35)36/h2-12,18,23-26,29H,13H2,1H3,(H,28,32)/t18-,23-,24+,25-,26+/m1/s1. The molecule has 0 unspecified atom stereocenters. The van der Waals surface area contributed by atoms with Crippen molar-refractivity contribution in [2.75, 3.05) is 10.6 Å². The Morgan fingerprint density at radius 1 is 1.00 bits per heavy atom. The van der Waals surface area contributed by atoms with Gasteiger partial charge in [-0.3, -0.25) is 25.0 Å². The molecule has 0 spiro atoms. The summed E-state index contributed by atoms with van der Waals surface area (Å²) in [5.41, 5.74) is 2.96. The summed E-state index contributed by atoms with van der Waals surface area (Å²) in [5, 5.41) is 29.2. The van der Waals surface area contributed by atoms with Crippen molar-refractivity contribution in [1.29, 1.82) is 0 Å². The van der Waals surface area contributed by atoms with Crippen LogP contribution in [0.1, 0.15) is 36.4 Å². The molecule has 0 aromatic heterocycles. The second-order valence-electron chi connectivity index (χ2n) is 9.17. The molecular weight excluding hydrogens is 516 g/mol. The van der Waals surface area contributed by atoms with Gasteiger partial charge in [0, 0.05) is 41.6 Å². The largest absolute Gasteiger partial charge is 0.377 e. The molecule has 1 aliphatic carbocycles. The van der Waals surface area contributed by atoms with Crippen molar-refractivity contribution in [3.63, 3.8) is 0 Å². The molecule has 1 fully saturated rings. The first-order chi connectivity index (χ1) is 17.7. The summed E-state index contributed by atoms with van der Waals surface area (Å²) < 4.78 is 0. The van der Waals surface area contributed by atoms with Gasteiger partial charge in [0.2, 0.25) is 5.91 Å². The Hall–Kier alpha value is -3.63. The van der Waals surface area contributed by atoms with Gasteiger partial charge in [-0.2, -0.15) is 0 Å². The molecule has 1 heterocycles. The fourth-order valence-corrected chi connectivity index (χ4v) is 7.44. The number of hydrogen-bond donors (Lipinski definition) is 2. The van der Waals surface area contributed by atoms with E-state index in [1.807, 2.05) is 12.1 Å². The summed E-state index contributed by atoms with van der Waals surface area (Å²) in [7, 11) is 0. The van der Waals surface area contributed by atoms with Gasteiger partial charge in [-0.1, -0.05) is 30.3 Å². The Morgan fingerprint density at radius 3 is 2.38 bits per heavy atom. The van der Waals surface area contributed by atoms with E-state index in [-0.39, 0.29) is 45.3 Å². The van der Waals surface area contributed by atoms with E-state index in [2.05, 4.69) is 10.6 Å². The third kappa shape index (κ3) is 4.74. The summed E-state index contributed by atoms with van der Waals surface area (Å²) >= 11 is 8.51. The van der Waals surface area contributed by atoms with Gasteiger partial charge in [0.1, 0.15) is 0 Å². The normalized spacial score (nSPS) is 23.9. The number of para-hydroxylation sites is 2. The van der Waals surface area contributed by atoms with Crippen LogP contribution in [0, 0.1) is 26.1 Å². The monoisotopic (exact) mass is 538 g/mol. The lowest BCUT2D eigenvalue weighted by atomic mass is 9.76. The van der Waals surface area contributed by atoms with Crippen LogP contribution in [-0.4, -0.2) is 26.4 Å². The number of alkyl halides is 1. The molecule has 0 bridgehead atoms. The quantitative estimate of drug-likeness (QED) is 0.208.